The van der Waals surface area contributed by atoms with Gasteiger partial charge in [-0.1, -0.05) is 101 Å². The first-order chi connectivity index (χ1) is 21.6. The Morgan fingerprint density at radius 2 is 1.57 bits per heavy atom. The summed E-state index contributed by atoms with van der Waals surface area (Å²) in [5.74, 6) is 1.66. The molecular formula is C39H53N5. The molecule has 3 heterocycles. The number of rotatable bonds is 7. The van der Waals surface area contributed by atoms with Gasteiger partial charge >= 0.3 is 0 Å². The summed E-state index contributed by atoms with van der Waals surface area (Å²) in [5, 5.41) is 0. The second-order valence-electron chi connectivity index (χ2n) is 11.0. The van der Waals surface area contributed by atoms with Gasteiger partial charge < -0.3 is 9.88 Å². The first kappa shape index (κ1) is 32.9. The lowest BCUT2D eigenvalue weighted by Crippen LogP contribution is -2.32. The Morgan fingerprint density at radius 3 is 2.23 bits per heavy atom. The highest BCUT2D eigenvalue weighted by molar-refractivity contribution is 6.32. The van der Waals surface area contributed by atoms with Crippen molar-refractivity contribution < 1.29 is 1.43 Å². The van der Waals surface area contributed by atoms with Crippen LogP contribution >= 0.6 is 0 Å². The predicted molar refractivity (Wildman–Crippen MR) is 191 cm³/mol. The van der Waals surface area contributed by atoms with Gasteiger partial charge in [0.05, 0.1) is 16.7 Å². The lowest BCUT2D eigenvalue weighted by atomic mass is 9.94. The predicted octanol–water partition coefficient (Wildman–Crippen LogP) is 9.83. The Hall–Kier alpha value is -3.96. The number of aromatic amines is 1. The summed E-state index contributed by atoms with van der Waals surface area (Å²) in [7, 11) is 0. The van der Waals surface area contributed by atoms with Gasteiger partial charge in [0.25, 0.3) is 0 Å². The largest absolute Gasteiger partial charge is 0.342 e. The molecule has 0 aliphatic carbocycles. The van der Waals surface area contributed by atoms with E-state index in [0.717, 1.165) is 61.5 Å². The fraction of sp³-hybridized carbons (Fsp3) is 0.385. The summed E-state index contributed by atoms with van der Waals surface area (Å²) in [5.41, 5.74) is 9.54. The lowest BCUT2D eigenvalue weighted by Gasteiger charge is -2.31. The molecule has 5 heteroatoms. The van der Waals surface area contributed by atoms with E-state index >= 15 is 0 Å². The minimum atomic E-state index is 0. The van der Waals surface area contributed by atoms with Crippen LogP contribution in [0.25, 0.3) is 16.6 Å². The Labute approximate surface area is 266 Å². The van der Waals surface area contributed by atoms with Crippen LogP contribution in [0, 0.1) is 0 Å². The van der Waals surface area contributed by atoms with Gasteiger partial charge in [0.1, 0.15) is 12.0 Å². The van der Waals surface area contributed by atoms with Crippen LogP contribution in [-0.2, 0) is 13.0 Å². The van der Waals surface area contributed by atoms with Crippen molar-refractivity contribution in [2.75, 3.05) is 13.1 Å². The van der Waals surface area contributed by atoms with Gasteiger partial charge in [-0.15, -0.1) is 0 Å². The van der Waals surface area contributed by atoms with Gasteiger partial charge in [-0.25, -0.2) is 4.98 Å². The highest BCUT2D eigenvalue weighted by Gasteiger charge is 2.24. The van der Waals surface area contributed by atoms with Gasteiger partial charge in [-0.05, 0) is 75.0 Å². The molecule has 1 unspecified atom stereocenters. The molecule has 1 fully saturated rings. The number of fused-ring (bicyclic) bond motifs is 1. The van der Waals surface area contributed by atoms with Crippen molar-refractivity contribution in [1.29, 1.82) is 0 Å². The van der Waals surface area contributed by atoms with Crippen LogP contribution in [-0.4, -0.2) is 44.7 Å². The summed E-state index contributed by atoms with van der Waals surface area (Å²) in [6.07, 6.45) is 9.77. The van der Waals surface area contributed by atoms with Crippen molar-refractivity contribution in [2.45, 2.75) is 86.4 Å². The van der Waals surface area contributed by atoms with E-state index in [4.69, 9.17) is 9.98 Å². The SMILES string of the molecule is C/C=C\N1C=C(c2ccccc2)C(c2ccc(CN3CCC(c4nc5ccc(CC)cc5[nH]4)CC3)cc2)=NC1C.CC.CC.[HH]. The maximum atomic E-state index is 5.12. The molecule has 0 radical (unpaired) electrons. The minimum Gasteiger partial charge on any atom is -0.342 e. The third-order valence-corrected chi connectivity index (χ3v) is 8.27. The number of piperidine rings is 1. The van der Waals surface area contributed by atoms with Crippen molar-refractivity contribution in [3.05, 3.63) is 119 Å². The summed E-state index contributed by atoms with van der Waals surface area (Å²) < 4.78 is 0. The van der Waals surface area contributed by atoms with Gasteiger partial charge in [-0.2, -0.15) is 0 Å². The average molecular weight is 592 g/mol. The van der Waals surface area contributed by atoms with E-state index in [0.29, 0.717) is 5.92 Å². The summed E-state index contributed by atoms with van der Waals surface area (Å²) in [6.45, 7) is 17.6. The normalized spacial score (nSPS) is 17.4. The molecule has 0 spiro atoms. The van der Waals surface area contributed by atoms with Crippen molar-refractivity contribution in [3.63, 3.8) is 0 Å². The highest BCUT2D eigenvalue weighted by atomic mass is 15.2. The second kappa shape index (κ2) is 16.2. The highest BCUT2D eigenvalue weighted by Crippen LogP contribution is 2.30. The quantitative estimate of drug-likeness (QED) is 0.233. The third kappa shape index (κ3) is 7.75. The van der Waals surface area contributed by atoms with Crippen LogP contribution in [0.3, 0.4) is 0 Å². The number of H-pyrrole nitrogens is 1. The molecule has 0 saturated carbocycles. The van der Waals surface area contributed by atoms with Crippen molar-refractivity contribution in [3.8, 4) is 0 Å². The topological polar surface area (TPSA) is 47.5 Å². The Bertz CT molecular complexity index is 1540. The van der Waals surface area contributed by atoms with Gasteiger partial charge in [0, 0.05) is 37.4 Å². The summed E-state index contributed by atoms with van der Waals surface area (Å²) >= 11 is 0. The lowest BCUT2D eigenvalue weighted by molar-refractivity contribution is 0.202. The van der Waals surface area contributed by atoms with Crippen molar-refractivity contribution >= 4 is 22.3 Å². The van der Waals surface area contributed by atoms with E-state index in [1.807, 2.05) is 34.6 Å². The zero-order valence-electron chi connectivity index (χ0n) is 27.8. The van der Waals surface area contributed by atoms with E-state index in [2.05, 4.69) is 120 Å². The number of hydrogen-bond donors (Lipinski definition) is 1. The first-order valence-corrected chi connectivity index (χ1v) is 16.7. The second-order valence-corrected chi connectivity index (χ2v) is 11.0. The number of imidazole rings is 1. The molecule has 0 bridgehead atoms. The number of nitrogens with one attached hydrogen (secondary N) is 1. The molecule has 4 aromatic rings. The van der Waals surface area contributed by atoms with E-state index in [1.54, 1.807) is 0 Å². The van der Waals surface area contributed by atoms with Crippen LogP contribution in [0.5, 0.6) is 0 Å². The fourth-order valence-electron chi connectivity index (χ4n) is 5.92. The molecule has 1 atom stereocenters. The molecule has 1 N–H and O–H groups in total. The molecule has 44 heavy (non-hydrogen) atoms. The molecule has 234 valence electrons. The molecule has 1 saturated heterocycles. The number of nitrogens with zero attached hydrogens (tertiary/aromatic N) is 4. The van der Waals surface area contributed by atoms with Gasteiger partial charge in [0.15, 0.2) is 0 Å². The number of hydrogen-bond acceptors (Lipinski definition) is 4. The zero-order valence-corrected chi connectivity index (χ0v) is 27.8. The standard InChI is InChI=1S/C35H39N5.2C2H6.H2/c1-4-19-40-24-31(28-9-7-6-8-10-28)34(36-25(40)3)29-14-11-27(12-15-29)23-39-20-17-30(18-21-39)35-37-32-16-13-26(5-2)22-33(32)38-35;2*1-2;/h4,6-16,19,22,24-25,30H,5,17-18,20-21,23H2,1-3H3,(H,37,38);2*1-2H3;1H/b19-4-;;;. The minimum absolute atomic E-state index is 0. The monoisotopic (exact) mass is 591 g/mol. The Kier molecular flexibility index (Phi) is 12.1. The van der Waals surface area contributed by atoms with E-state index in [9.17, 15) is 0 Å². The first-order valence-electron chi connectivity index (χ1n) is 16.7. The van der Waals surface area contributed by atoms with E-state index in [-0.39, 0.29) is 7.59 Å². The van der Waals surface area contributed by atoms with Crippen LogP contribution in [0.2, 0.25) is 0 Å². The number of aryl methyl sites for hydroxylation is 1. The molecule has 2 aliphatic heterocycles. The smallest absolute Gasteiger partial charge is 0.122 e. The Morgan fingerprint density at radius 1 is 0.886 bits per heavy atom. The molecule has 6 rings (SSSR count). The number of aliphatic imine (C=N–C) groups is 1. The number of aromatic nitrogens is 2. The molecule has 5 nitrogen and oxygen atoms in total. The molecule has 3 aromatic carbocycles. The Balaban J connectivity index is 0.00000106. The van der Waals surface area contributed by atoms with Crippen LogP contribution < -0.4 is 0 Å². The van der Waals surface area contributed by atoms with E-state index < -0.39 is 0 Å². The van der Waals surface area contributed by atoms with Crippen LogP contribution in [0.1, 0.15) is 96.7 Å². The average Bonchev–Trinajstić information content (AvgIpc) is 3.52. The number of likely N-dealkylation sites (tertiary alicyclic amines) is 1. The van der Waals surface area contributed by atoms with Crippen LogP contribution in [0.4, 0.5) is 0 Å². The van der Waals surface area contributed by atoms with Gasteiger partial charge in [0.2, 0.25) is 0 Å². The fourth-order valence-corrected chi connectivity index (χ4v) is 5.92. The zero-order chi connectivity index (χ0) is 31.5. The summed E-state index contributed by atoms with van der Waals surface area (Å²) in [4.78, 5) is 18.4. The molecule has 0 amide bonds. The van der Waals surface area contributed by atoms with Crippen LogP contribution in [0.15, 0.2) is 96.3 Å². The third-order valence-electron chi connectivity index (χ3n) is 8.27. The van der Waals surface area contributed by atoms with Crippen molar-refractivity contribution in [2.24, 2.45) is 4.99 Å². The van der Waals surface area contributed by atoms with Gasteiger partial charge in [-0.3, -0.25) is 9.89 Å². The number of allylic oxidation sites excluding steroid dienone is 2. The maximum Gasteiger partial charge on any atom is 0.122 e. The molecule has 2 aliphatic rings. The van der Waals surface area contributed by atoms with E-state index in [1.165, 1.54) is 27.8 Å². The van der Waals surface area contributed by atoms with Crippen molar-refractivity contribution in [1.82, 2.24) is 19.8 Å². The number of benzene rings is 3. The molecular weight excluding hydrogens is 538 g/mol. The summed E-state index contributed by atoms with van der Waals surface area (Å²) in [6, 6.07) is 26.2. The maximum absolute atomic E-state index is 5.12. The molecule has 1 aromatic heterocycles.